The molecule has 0 radical (unpaired) electrons. The molecule has 91 heavy (non-hydrogen) atoms. The second kappa shape index (κ2) is 22.9. The molecule has 0 aliphatic carbocycles. The molecule has 0 aliphatic heterocycles. The summed E-state index contributed by atoms with van der Waals surface area (Å²) in [6.07, 6.45) is 0.905. The Labute approximate surface area is 541 Å². The van der Waals surface area contributed by atoms with E-state index in [0.717, 1.165) is 67.6 Å². The van der Waals surface area contributed by atoms with Crippen molar-refractivity contribution in [1.82, 2.24) is 9.13 Å². The molecule has 2 heterocycles. The van der Waals surface area contributed by atoms with E-state index in [4.69, 9.17) is 9.47 Å². The number of benzene rings is 8. The van der Waals surface area contributed by atoms with Gasteiger partial charge in [0.25, 0.3) is 0 Å². The molecular formula is C83H100F2N2O4. The van der Waals surface area contributed by atoms with Gasteiger partial charge in [-0.05, 0) is 199 Å². The number of rotatable bonds is 13. The quantitative estimate of drug-likeness (QED) is 0.113. The van der Waals surface area contributed by atoms with Crippen LogP contribution in [0.4, 0.5) is 8.78 Å². The number of aromatic nitrogens is 2. The summed E-state index contributed by atoms with van der Waals surface area (Å²) in [6.45, 7) is 51.0. The highest BCUT2D eigenvalue weighted by molar-refractivity contribution is 6.11. The number of halogens is 2. The van der Waals surface area contributed by atoms with E-state index in [1.54, 1.807) is 12.1 Å². The highest BCUT2D eigenvalue weighted by Crippen LogP contribution is 2.51. The fraction of sp³-hybridized carbons (Fsp3) is 0.422. The van der Waals surface area contributed by atoms with Crippen LogP contribution in [0, 0.1) is 22.5 Å². The van der Waals surface area contributed by atoms with E-state index in [-0.39, 0.29) is 55.5 Å². The van der Waals surface area contributed by atoms with Gasteiger partial charge in [-0.3, -0.25) is 0 Å². The molecule has 0 saturated heterocycles. The number of phenols is 2. The first-order chi connectivity index (χ1) is 41.9. The summed E-state index contributed by atoms with van der Waals surface area (Å²) >= 11 is 0. The lowest BCUT2D eigenvalue weighted by Gasteiger charge is -2.34. The summed E-state index contributed by atoms with van der Waals surface area (Å²) in [4.78, 5) is 0. The van der Waals surface area contributed by atoms with Crippen molar-refractivity contribution >= 4 is 43.6 Å². The van der Waals surface area contributed by atoms with Gasteiger partial charge < -0.3 is 28.8 Å². The molecule has 8 aromatic carbocycles. The van der Waals surface area contributed by atoms with Crippen LogP contribution in [0.1, 0.15) is 212 Å². The first-order valence-electron chi connectivity index (χ1n) is 32.8. The predicted molar refractivity (Wildman–Crippen MR) is 380 cm³/mol. The number of aromatic hydroxyl groups is 2. The van der Waals surface area contributed by atoms with Gasteiger partial charge >= 0.3 is 0 Å². The van der Waals surface area contributed by atoms with Gasteiger partial charge in [-0.2, -0.15) is 0 Å². The van der Waals surface area contributed by atoms with Crippen LogP contribution in [0.5, 0.6) is 23.0 Å². The molecule has 0 spiro atoms. The molecule has 0 fully saturated rings. The Morgan fingerprint density at radius 1 is 0.352 bits per heavy atom. The van der Waals surface area contributed by atoms with E-state index in [1.807, 2.05) is 19.1 Å². The average Bonchev–Trinajstić information content (AvgIpc) is 1.63. The van der Waals surface area contributed by atoms with Crippen LogP contribution in [0.2, 0.25) is 0 Å². The summed E-state index contributed by atoms with van der Waals surface area (Å²) in [5.41, 5.74) is 11.6. The molecule has 2 N–H and O–H groups in total. The zero-order valence-corrected chi connectivity index (χ0v) is 58.8. The van der Waals surface area contributed by atoms with Gasteiger partial charge in [0.15, 0.2) is 0 Å². The third-order valence-electron chi connectivity index (χ3n) is 18.5. The number of hydrogen-bond acceptors (Lipinski definition) is 4. The highest BCUT2D eigenvalue weighted by atomic mass is 19.1. The average molecular weight is 1230 g/mol. The fourth-order valence-corrected chi connectivity index (χ4v) is 14.2. The second-order valence-electron chi connectivity index (χ2n) is 34.0. The molecule has 8 heteroatoms. The van der Waals surface area contributed by atoms with Crippen molar-refractivity contribution in [2.24, 2.45) is 10.8 Å². The minimum absolute atomic E-state index is 0.0350. The molecule has 0 atom stereocenters. The largest absolute Gasteiger partial charge is 0.505 e. The van der Waals surface area contributed by atoms with Crippen molar-refractivity contribution in [1.29, 1.82) is 0 Å². The zero-order chi connectivity index (χ0) is 66.8. The summed E-state index contributed by atoms with van der Waals surface area (Å²) < 4.78 is 50.9. The third-order valence-corrected chi connectivity index (χ3v) is 18.5. The van der Waals surface area contributed by atoms with Crippen LogP contribution in [0.25, 0.3) is 77.2 Å². The lowest BCUT2D eigenvalue weighted by atomic mass is 9.71. The Kier molecular flexibility index (Phi) is 16.7. The van der Waals surface area contributed by atoms with Crippen molar-refractivity contribution in [2.45, 2.75) is 217 Å². The van der Waals surface area contributed by atoms with Gasteiger partial charge in [0.05, 0.1) is 33.4 Å². The van der Waals surface area contributed by atoms with Crippen molar-refractivity contribution < 1.29 is 28.5 Å². The number of fused-ring (bicyclic) bond motifs is 6. The maximum Gasteiger partial charge on any atom is 0.240 e. The number of nitrogens with zero attached hydrogens (tertiary/aromatic N) is 2. The second-order valence-corrected chi connectivity index (χ2v) is 34.0. The van der Waals surface area contributed by atoms with E-state index in [0.29, 0.717) is 40.0 Å². The SMILES string of the molecule is CCC(Oc1ccc(F)cc1-c1cc(C(C)(C)CC(C)(C)C)cc(-n2c3ccc(C(C)(C)C)cc3c3cc(C(C)(C)C)ccc32)c1O)Oc1ccc(F)cc1-c1cc(C(C)(C)CC(C)(C)C)cc(-n2c3ccc(C(C)(C)C)cc3c3cc(C(C)(C)C)ccc32)c1O. The van der Waals surface area contributed by atoms with Crippen molar-refractivity contribution in [2.75, 3.05) is 0 Å². The Morgan fingerprint density at radius 3 is 0.890 bits per heavy atom. The maximum absolute atomic E-state index is 16.3. The van der Waals surface area contributed by atoms with Crippen molar-refractivity contribution in [3.05, 3.63) is 178 Å². The molecule has 10 rings (SSSR count). The van der Waals surface area contributed by atoms with Gasteiger partial charge in [-0.15, -0.1) is 0 Å². The van der Waals surface area contributed by atoms with Crippen LogP contribution in [0.15, 0.2) is 133 Å². The lowest BCUT2D eigenvalue weighted by molar-refractivity contribution is 0.00404. The monoisotopic (exact) mass is 1230 g/mol. The highest BCUT2D eigenvalue weighted by Gasteiger charge is 2.35. The molecule has 0 bridgehead atoms. The predicted octanol–water partition coefficient (Wildman–Crippen LogP) is 23.7. The first kappa shape index (κ1) is 66.3. The van der Waals surface area contributed by atoms with Crippen LogP contribution >= 0.6 is 0 Å². The Hall–Kier alpha value is -7.58. The van der Waals surface area contributed by atoms with E-state index in [9.17, 15) is 10.2 Å². The third kappa shape index (κ3) is 13.3. The van der Waals surface area contributed by atoms with Gasteiger partial charge in [0, 0.05) is 50.2 Å². The minimum atomic E-state index is -1.02. The van der Waals surface area contributed by atoms with Crippen molar-refractivity contribution in [3.8, 4) is 56.6 Å². The Bertz CT molecular complexity index is 4020. The standard InChI is InChI=1S/C83H100F2N2O4/c1-24-73(90-71-35-29-55(84)45-61(71)63-41-53(82(20,21)47-76(2,3)4)43-69(74(63)88)86-65-31-25-49(78(8,9)10)37-57(65)58-38-50(79(11,12)13)26-32-66(58)86)91-72-36-30-56(85)46-62(72)64-42-54(83(22,23)48-77(5,6)7)44-70(75(64)89)87-67-33-27-51(80(14,15)16)39-59(67)60-40-52(81(17,18)19)28-34-68(60)87/h25-46,73,88-89H,24,47-48H2,1-23H3. The zero-order valence-electron chi connectivity index (χ0n) is 58.8. The molecule has 10 aromatic rings. The van der Waals surface area contributed by atoms with E-state index >= 15 is 8.78 Å². The van der Waals surface area contributed by atoms with Gasteiger partial charge in [0.1, 0.15) is 34.6 Å². The van der Waals surface area contributed by atoms with Crippen LogP contribution in [0.3, 0.4) is 0 Å². The summed E-state index contributed by atoms with van der Waals surface area (Å²) in [5.74, 6) is -0.525. The molecular weight excluding hydrogens is 1130 g/mol. The lowest BCUT2D eigenvalue weighted by Crippen LogP contribution is -2.25. The maximum atomic E-state index is 16.3. The van der Waals surface area contributed by atoms with E-state index < -0.39 is 28.8 Å². The number of ether oxygens (including phenoxy) is 2. The minimum Gasteiger partial charge on any atom is -0.505 e. The van der Waals surface area contributed by atoms with E-state index in [2.05, 4.69) is 246 Å². The molecule has 0 amide bonds. The number of hydrogen-bond donors (Lipinski definition) is 2. The smallest absolute Gasteiger partial charge is 0.240 e. The van der Waals surface area contributed by atoms with Gasteiger partial charge in [-0.1, -0.05) is 184 Å². The van der Waals surface area contributed by atoms with E-state index in [1.165, 1.54) is 46.5 Å². The van der Waals surface area contributed by atoms with Crippen LogP contribution in [-0.4, -0.2) is 25.6 Å². The van der Waals surface area contributed by atoms with Crippen molar-refractivity contribution in [3.63, 3.8) is 0 Å². The topological polar surface area (TPSA) is 68.8 Å². The van der Waals surface area contributed by atoms with Gasteiger partial charge in [-0.25, -0.2) is 8.78 Å². The van der Waals surface area contributed by atoms with Gasteiger partial charge in [0.2, 0.25) is 6.29 Å². The fourth-order valence-electron chi connectivity index (χ4n) is 14.2. The summed E-state index contributed by atoms with van der Waals surface area (Å²) in [6, 6.07) is 43.6. The molecule has 2 aromatic heterocycles. The normalized spacial score (nSPS) is 13.4. The molecule has 6 nitrogen and oxygen atoms in total. The molecule has 480 valence electrons. The molecule has 0 saturated carbocycles. The number of phenolic OH excluding ortho intramolecular Hbond substituents is 2. The van der Waals surface area contributed by atoms with Crippen LogP contribution in [-0.2, 0) is 32.5 Å². The molecule has 0 aliphatic rings. The summed E-state index contributed by atoms with van der Waals surface area (Å²) in [5, 5.41) is 30.8. The van der Waals surface area contributed by atoms with Crippen LogP contribution < -0.4 is 9.47 Å². The summed E-state index contributed by atoms with van der Waals surface area (Å²) in [7, 11) is 0. The first-order valence-corrected chi connectivity index (χ1v) is 32.8. The Morgan fingerprint density at radius 2 is 0.637 bits per heavy atom. The molecule has 0 unspecified atom stereocenters. The Balaban J connectivity index is 1.15.